The summed E-state index contributed by atoms with van der Waals surface area (Å²) in [4.78, 5) is 0.627. The van der Waals surface area contributed by atoms with Crippen molar-refractivity contribution in [3.63, 3.8) is 0 Å². The normalized spacial score (nSPS) is 12.2. The first-order valence-electron chi connectivity index (χ1n) is 6.14. The summed E-state index contributed by atoms with van der Waals surface area (Å²) in [5.74, 6) is 0.534. The molecule has 2 aromatic rings. The molecule has 2 rings (SSSR count). The van der Waals surface area contributed by atoms with Gasteiger partial charge in [-0.15, -0.1) is 0 Å². The van der Waals surface area contributed by atoms with Gasteiger partial charge in [0.25, 0.3) is 0 Å². The Morgan fingerprint density at radius 2 is 1.95 bits per heavy atom. The summed E-state index contributed by atoms with van der Waals surface area (Å²) in [6, 6.07) is 11.5. The summed E-state index contributed by atoms with van der Waals surface area (Å²) in [6.07, 6.45) is 0. The predicted octanol–water partition coefficient (Wildman–Crippen LogP) is 2.60. The zero-order valence-corrected chi connectivity index (χ0v) is 12.0. The fourth-order valence-corrected chi connectivity index (χ4v) is 3.28. The summed E-state index contributed by atoms with van der Waals surface area (Å²) in [6.45, 7) is 0.218. The molecule has 2 aromatic carbocycles. The van der Waals surface area contributed by atoms with Crippen LogP contribution in [0.4, 0.5) is 4.39 Å². The zero-order chi connectivity index (χ0) is 14.5. The molecule has 3 nitrogen and oxygen atoms in total. The van der Waals surface area contributed by atoms with Crippen LogP contribution in [-0.4, -0.2) is 11.3 Å². The Morgan fingerprint density at radius 1 is 1.20 bits per heavy atom. The molecule has 106 valence electrons. The molecule has 0 spiro atoms. The van der Waals surface area contributed by atoms with E-state index in [4.69, 9.17) is 10.5 Å². The quantitative estimate of drug-likeness (QED) is 0.922. The monoisotopic (exact) mass is 293 g/mol. The molecule has 0 saturated carbocycles. The van der Waals surface area contributed by atoms with Gasteiger partial charge in [-0.3, -0.25) is 4.21 Å². The van der Waals surface area contributed by atoms with Crippen molar-refractivity contribution in [3.8, 4) is 5.75 Å². The number of hydrogen-bond donors (Lipinski definition) is 1. The highest BCUT2D eigenvalue weighted by atomic mass is 32.2. The molecule has 5 heteroatoms. The summed E-state index contributed by atoms with van der Waals surface area (Å²) in [7, 11) is 0.274. The minimum absolute atomic E-state index is 0.218. The third kappa shape index (κ3) is 3.23. The molecular formula is C15H16FNO2S. The maximum Gasteiger partial charge on any atom is 0.134 e. The van der Waals surface area contributed by atoms with Crippen LogP contribution in [-0.2, 0) is 23.1 Å². The maximum absolute atomic E-state index is 13.2. The first kappa shape index (κ1) is 14.7. The van der Waals surface area contributed by atoms with E-state index in [1.807, 2.05) is 12.1 Å². The Hall–Kier alpha value is -1.72. The molecule has 0 bridgehead atoms. The van der Waals surface area contributed by atoms with Crippen molar-refractivity contribution in [3.05, 3.63) is 59.4 Å². The molecule has 20 heavy (non-hydrogen) atoms. The minimum Gasteiger partial charge on any atom is -0.495 e. The van der Waals surface area contributed by atoms with E-state index in [0.29, 0.717) is 16.2 Å². The first-order valence-corrected chi connectivity index (χ1v) is 7.46. The van der Waals surface area contributed by atoms with E-state index < -0.39 is 10.8 Å². The van der Waals surface area contributed by atoms with E-state index in [-0.39, 0.29) is 18.1 Å². The van der Waals surface area contributed by atoms with E-state index in [1.54, 1.807) is 25.3 Å². The molecule has 0 fully saturated rings. The Morgan fingerprint density at radius 3 is 2.65 bits per heavy atom. The van der Waals surface area contributed by atoms with Crippen LogP contribution in [0.5, 0.6) is 5.75 Å². The van der Waals surface area contributed by atoms with Gasteiger partial charge >= 0.3 is 0 Å². The second kappa shape index (κ2) is 6.63. The number of rotatable bonds is 5. The molecule has 0 aliphatic rings. The number of methoxy groups -OCH3 is 1. The van der Waals surface area contributed by atoms with Crippen LogP contribution >= 0.6 is 0 Å². The number of para-hydroxylation sites is 1. The lowest BCUT2D eigenvalue weighted by molar-refractivity contribution is 0.404. The Bertz CT molecular complexity index is 631. The van der Waals surface area contributed by atoms with Gasteiger partial charge in [0.1, 0.15) is 11.6 Å². The lowest BCUT2D eigenvalue weighted by Gasteiger charge is -2.10. The zero-order valence-electron chi connectivity index (χ0n) is 11.1. The summed E-state index contributed by atoms with van der Waals surface area (Å²) in [5, 5.41) is 0. The lowest BCUT2D eigenvalue weighted by atomic mass is 10.1. The van der Waals surface area contributed by atoms with Crippen LogP contribution in [0.25, 0.3) is 0 Å². The molecule has 2 N–H and O–H groups in total. The Balaban J connectivity index is 2.28. The topological polar surface area (TPSA) is 52.3 Å². The van der Waals surface area contributed by atoms with Crippen LogP contribution in [0.15, 0.2) is 47.4 Å². The van der Waals surface area contributed by atoms with Crippen LogP contribution < -0.4 is 10.5 Å². The average molecular weight is 293 g/mol. The van der Waals surface area contributed by atoms with Crippen LogP contribution in [0.2, 0.25) is 0 Å². The van der Waals surface area contributed by atoms with Crippen molar-refractivity contribution in [2.24, 2.45) is 5.73 Å². The van der Waals surface area contributed by atoms with Crippen LogP contribution in [0, 0.1) is 5.82 Å². The molecule has 0 amide bonds. The summed E-state index contributed by atoms with van der Waals surface area (Å²) < 4.78 is 30.8. The number of hydrogen-bond acceptors (Lipinski definition) is 3. The van der Waals surface area contributed by atoms with Crippen molar-refractivity contribution < 1.29 is 13.3 Å². The van der Waals surface area contributed by atoms with Gasteiger partial charge in [-0.05, 0) is 35.4 Å². The van der Waals surface area contributed by atoms with Gasteiger partial charge in [0.05, 0.1) is 28.6 Å². The third-order valence-electron chi connectivity index (χ3n) is 2.99. The predicted molar refractivity (Wildman–Crippen MR) is 77.4 cm³/mol. The Labute approximate surface area is 120 Å². The number of ether oxygens (including phenoxy) is 1. The molecule has 0 saturated heterocycles. The van der Waals surface area contributed by atoms with E-state index in [0.717, 1.165) is 5.56 Å². The van der Waals surface area contributed by atoms with E-state index >= 15 is 0 Å². The Kier molecular flexibility index (Phi) is 4.87. The second-order valence-corrected chi connectivity index (χ2v) is 5.68. The molecule has 1 unspecified atom stereocenters. The molecule has 0 heterocycles. The summed E-state index contributed by atoms with van der Waals surface area (Å²) in [5.41, 5.74) is 7.06. The number of nitrogens with two attached hydrogens (primary N) is 1. The molecule has 0 radical (unpaired) electrons. The highest BCUT2D eigenvalue weighted by molar-refractivity contribution is 7.84. The fourth-order valence-electron chi connectivity index (χ4n) is 1.95. The van der Waals surface area contributed by atoms with Gasteiger partial charge in [0.2, 0.25) is 0 Å². The van der Waals surface area contributed by atoms with Gasteiger partial charge in [-0.1, -0.05) is 18.2 Å². The lowest BCUT2D eigenvalue weighted by Crippen LogP contribution is -2.06. The van der Waals surface area contributed by atoms with Crippen molar-refractivity contribution >= 4 is 10.8 Å². The smallest absolute Gasteiger partial charge is 0.134 e. The molecule has 0 aromatic heterocycles. The van der Waals surface area contributed by atoms with Crippen LogP contribution in [0.1, 0.15) is 11.1 Å². The first-order chi connectivity index (χ1) is 9.65. The number of benzene rings is 2. The maximum atomic E-state index is 13.2. The van der Waals surface area contributed by atoms with Gasteiger partial charge in [-0.25, -0.2) is 4.39 Å². The standard InChI is InChI=1S/C15H16FNO2S/c1-19-14-4-2-3-5-15(14)20(18)10-11-6-7-13(16)8-12(11)9-17/h2-8H,9-10,17H2,1H3. The molecule has 0 aliphatic heterocycles. The SMILES string of the molecule is COc1ccccc1S(=O)Cc1ccc(F)cc1CN. The van der Waals surface area contributed by atoms with Crippen molar-refractivity contribution in [1.29, 1.82) is 0 Å². The fraction of sp³-hybridized carbons (Fsp3) is 0.200. The number of halogens is 1. The molecule has 0 aliphatic carbocycles. The van der Waals surface area contributed by atoms with Gasteiger partial charge in [0.15, 0.2) is 0 Å². The second-order valence-electron chi connectivity index (χ2n) is 4.26. The van der Waals surface area contributed by atoms with Crippen molar-refractivity contribution in [2.45, 2.75) is 17.2 Å². The highest BCUT2D eigenvalue weighted by Crippen LogP contribution is 2.24. The van der Waals surface area contributed by atoms with Crippen molar-refractivity contribution in [2.75, 3.05) is 7.11 Å². The van der Waals surface area contributed by atoms with Gasteiger partial charge < -0.3 is 10.5 Å². The van der Waals surface area contributed by atoms with E-state index in [2.05, 4.69) is 0 Å². The molecular weight excluding hydrogens is 277 g/mol. The van der Waals surface area contributed by atoms with E-state index in [1.165, 1.54) is 12.1 Å². The van der Waals surface area contributed by atoms with Gasteiger partial charge in [0, 0.05) is 6.54 Å². The average Bonchev–Trinajstić information content (AvgIpc) is 2.48. The van der Waals surface area contributed by atoms with E-state index in [9.17, 15) is 8.60 Å². The third-order valence-corrected chi connectivity index (χ3v) is 4.39. The highest BCUT2D eigenvalue weighted by Gasteiger charge is 2.13. The van der Waals surface area contributed by atoms with Crippen LogP contribution in [0.3, 0.4) is 0 Å². The van der Waals surface area contributed by atoms with Crippen molar-refractivity contribution in [1.82, 2.24) is 0 Å². The minimum atomic E-state index is -1.27. The summed E-state index contributed by atoms with van der Waals surface area (Å²) >= 11 is 0. The van der Waals surface area contributed by atoms with Gasteiger partial charge in [-0.2, -0.15) is 0 Å². The molecule has 1 atom stereocenters. The largest absolute Gasteiger partial charge is 0.495 e.